The summed E-state index contributed by atoms with van der Waals surface area (Å²) in [5.41, 5.74) is 0.545. The van der Waals surface area contributed by atoms with Crippen LogP contribution in [0.4, 0.5) is 4.39 Å². The van der Waals surface area contributed by atoms with Gasteiger partial charge in [0.1, 0.15) is 11.6 Å². The summed E-state index contributed by atoms with van der Waals surface area (Å²) >= 11 is 9.26. The Balaban J connectivity index is 2.54. The van der Waals surface area contributed by atoms with Crippen LogP contribution in [0.5, 0.6) is 5.75 Å². The minimum Gasteiger partial charge on any atom is -0.492 e. The van der Waals surface area contributed by atoms with Gasteiger partial charge in [-0.25, -0.2) is 4.39 Å². The highest BCUT2D eigenvalue weighted by molar-refractivity contribution is 9.10. The van der Waals surface area contributed by atoms with E-state index in [1.165, 1.54) is 0 Å². The number of benzene rings is 1. The van der Waals surface area contributed by atoms with E-state index >= 15 is 0 Å². The van der Waals surface area contributed by atoms with Gasteiger partial charge in [0.05, 0.1) is 16.1 Å². The molecule has 2 rings (SSSR count). The molecular weight excluding hydrogens is 308 g/mol. The van der Waals surface area contributed by atoms with Crippen LogP contribution in [0.1, 0.15) is 31.4 Å². The maximum Gasteiger partial charge on any atom is 0.150 e. The number of rotatable bonds is 2. The molecule has 0 aliphatic carbocycles. The summed E-state index contributed by atoms with van der Waals surface area (Å²) in [5.74, 6) is 0.202. The Morgan fingerprint density at radius 1 is 1.65 bits per heavy atom. The average molecular weight is 323 g/mol. The van der Waals surface area contributed by atoms with Crippen molar-refractivity contribution in [3.05, 3.63) is 26.9 Å². The van der Waals surface area contributed by atoms with Crippen molar-refractivity contribution < 1.29 is 9.13 Å². The van der Waals surface area contributed by atoms with Crippen LogP contribution < -0.4 is 10.1 Å². The van der Waals surface area contributed by atoms with Crippen LogP contribution >= 0.6 is 27.5 Å². The molecular formula is C12H14BrClFNO. The first kappa shape index (κ1) is 13.1. The molecule has 1 aliphatic rings. The van der Waals surface area contributed by atoms with Gasteiger partial charge < -0.3 is 10.1 Å². The lowest BCUT2D eigenvalue weighted by atomic mass is 10.0. The van der Waals surface area contributed by atoms with Crippen molar-refractivity contribution >= 4 is 27.5 Å². The monoisotopic (exact) mass is 321 g/mol. The van der Waals surface area contributed by atoms with Crippen LogP contribution in [0.15, 0.2) is 10.5 Å². The minimum atomic E-state index is -0.377. The molecule has 1 aliphatic heterocycles. The Labute approximate surface area is 114 Å². The third-order valence-corrected chi connectivity index (χ3v) is 3.71. The molecule has 94 valence electrons. The molecule has 2 nitrogen and oxygen atoms in total. The highest BCUT2D eigenvalue weighted by atomic mass is 79.9. The molecule has 0 amide bonds. The van der Waals surface area contributed by atoms with E-state index in [0.717, 1.165) is 19.4 Å². The molecule has 0 saturated heterocycles. The second-order valence-corrected chi connectivity index (χ2v) is 5.26. The number of nitrogens with one attached hydrogen (secondary N) is 1. The molecule has 0 radical (unpaired) electrons. The quantitative estimate of drug-likeness (QED) is 0.829. The molecule has 0 fully saturated rings. The molecule has 5 heteroatoms. The molecule has 1 unspecified atom stereocenters. The number of fused-ring (bicyclic) bond motifs is 1. The summed E-state index contributed by atoms with van der Waals surface area (Å²) < 4.78 is 20.5. The topological polar surface area (TPSA) is 21.3 Å². The fraction of sp³-hybridized carbons (Fsp3) is 0.500. The largest absolute Gasteiger partial charge is 0.492 e. The summed E-state index contributed by atoms with van der Waals surface area (Å²) in [4.78, 5) is 0. The first-order valence-corrected chi connectivity index (χ1v) is 6.85. The van der Waals surface area contributed by atoms with Gasteiger partial charge >= 0.3 is 0 Å². The summed E-state index contributed by atoms with van der Waals surface area (Å²) in [5, 5.41) is 3.41. The zero-order chi connectivity index (χ0) is 12.4. The predicted molar refractivity (Wildman–Crippen MR) is 70.3 cm³/mol. The van der Waals surface area contributed by atoms with Crippen molar-refractivity contribution in [3.8, 4) is 5.75 Å². The van der Waals surface area contributed by atoms with E-state index < -0.39 is 0 Å². The van der Waals surface area contributed by atoms with Crippen molar-refractivity contribution in [2.75, 3.05) is 13.2 Å². The Morgan fingerprint density at radius 2 is 2.41 bits per heavy atom. The van der Waals surface area contributed by atoms with E-state index in [0.29, 0.717) is 22.4 Å². The van der Waals surface area contributed by atoms with Gasteiger partial charge in [0.25, 0.3) is 0 Å². The summed E-state index contributed by atoms with van der Waals surface area (Å²) in [6.45, 7) is 3.39. The minimum absolute atomic E-state index is 0.0347. The molecule has 0 saturated carbocycles. The average Bonchev–Trinajstić information content (AvgIpc) is 2.50. The van der Waals surface area contributed by atoms with Crippen molar-refractivity contribution in [1.82, 2.24) is 5.32 Å². The van der Waals surface area contributed by atoms with Gasteiger partial charge in [-0.1, -0.05) is 18.5 Å². The number of hydrogen-bond acceptors (Lipinski definition) is 2. The lowest BCUT2D eigenvalue weighted by Gasteiger charge is -2.19. The van der Waals surface area contributed by atoms with Gasteiger partial charge in [0.15, 0.2) is 0 Å². The Morgan fingerprint density at radius 3 is 3.12 bits per heavy atom. The number of ether oxygens (including phenoxy) is 1. The van der Waals surface area contributed by atoms with Gasteiger partial charge in [-0.05, 0) is 41.4 Å². The maximum atomic E-state index is 14.1. The van der Waals surface area contributed by atoms with Crippen LogP contribution in [0, 0.1) is 5.82 Å². The second-order valence-electron chi connectivity index (χ2n) is 4.00. The van der Waals surface area contributed by atoms with E-state index in [4.69, 9.17) is 16.3 Å². The zero-order valence-corrected chi connectivity index (χ0v) is 11.9. The summed E-state index contributed by atoms with van der Waals surface area (Å²) in [6.07, 6.45) is 1.75. The fourth-order valence-corrected chi connectivity index (χ4v) is 3.01. The third kappa shape index (κ3) is 2.59. The molecule has 0 bridgehead atoms. The van der Waals surface area contributed by atoms with Gasteiger partial charge in [-0.2, -0.15) is 0 Å². The molecule has 1 aromatic rings. The third-order valence-electron chi connectivity index (χ3n) is 2.84. The van der Waals surface area contributed by atoms with Gasteiger partial charge in [-0.3, -0.25) is 0 Å². The van der Waals surface area contributed by atoms with E-state index in [1.807, 2.05) is 6.92 Å². The molecule has 17 heavy (non-hydrogen) atoms. The van der Waals surface area contributed by atoms with Crippen LogP contribution in [0.3, 0.4) is 0 Å². The molecule has 1 N–H and O–H groups in total. The molecule has 1 aromatic carbocycles. The highest BCUT2D eigenvalue weighted by Crippen LogP contribution is 2.41. The van der Waals surface area contributed by atoms with Crippen molar-refractivity contribution in [2.24, 2.45) is 0 Å². The SMILES string of the molecule is CCNC1CCCOc2c(Br)cc(Cl)c(F)c21. The number of halogens is 3. The number of hydrogen-bond donors (Lipinski definition) is 1. The van der Waals surface area contributed by atoms with Gasteiger partial charge in [0.2, 0.25) is 0 Å². The van der Waals surface area contributed by atoms with Crippen LogP contribution in [-0.4, -0.2) is 13.2 Å². The van der Waals surface area contributed by atoms with Crippen LogP contribution in [-0.2, 0) is 0 Å². The van der Waals surface area contributed by atoms with Crippen LogP contribution in [0.25, 0.3) is 0 Å². The van der Waals surface area contributed by atoms with Gasteiger partial charge in [0, 0.05) is 11.6 Å². The highest BCUT2D eigenvalue weighted by Gasteiger charge is 2.26. The Bertz CT molecular complexity index is 427. The molecule has 0 spiro atoms. The first-order chi connectivity index (χ1) is 8.15. The second kappa shape index (κ2) is 5.55. The molecule has 1 heterocycles. The Hall–Kier alpha value is -0.320. The molecule has 1 atom stereocenters. The smallest absolute Gasteiger partial charge is 0.150 e. The van der Waals surface area contributed by atoms with Crippen LogP contribution in [0.2, 0.25) is 5.02 Å². The summed E-state index contributed by atoms with van der Waals surface area (Å²) in [7, 11) is 0. The fourth-order valence-electron chi connectivity index (χ4n) is 2.11. The van der Waals surface area contributed by atoms with E-state index in [9.17, 15) is 4.39 Å². The van der Waals surface area contributed by atoms with Crippen molar-refractivity contribution in [1.29, 1.82) is 0 Å². The zero-order valence-electron chi connectivity index (χ0n) is 9.53. The van der Waals surface area contributed by atoms with E-state index in [1.54, 1.807) is 6.07 Å². The van der Waals surface area contributed by atoms with Crippen molar-refractivity contribution in [2.45, 2.75) is 25.8 Å². The standard InChI is InChI=1S/C12H14BrClFNO/c1-2-16-9-4-3-5-17-12-7(13)6-8(14)11(15)10(9)12/h6,9,16H,2-5H2,1H3. The maximum absolute atomic E-state index is 14.1. The van der Waals surface area contributed by atoms with E-state index in [-0.39, 0.29) is 16.9 Å². The Kier molecular flexibility index (Phi) is 4.28. The predicted octanol–water partition coefficient (Wildman–Crippen LogP) is 4.06. The lowest BCUT2D eigenvalue weighted by molar-refractivity contribution is 0.313. The first-order valence-electron chi connectivity index (χ1n) is 5.68. The normalized spacial score (nSPS) is 19.4. The molecule has 0 aromatic heterocycles. The van der Waals surface area contributed by atoms with Gasteiger partial charge in [-0.15, -0.1) is 0 Å². The van der Waals surface area contributed by atoms with E-state index in [2.05, 4.69) is 21.2 Å². The lowest BCUT2D eigenvalue weighted by Crippen LogP contribution is -2.21. The van der Waals surface area contributed by atoms with Crippen molar-refractivity contribution in [3.63, 3.8) is 0 Å². The summed E-state index contributed by atoms with van der Waals surface area (Å²) in [6, 6.07) is 1.51.